The van der Waals surface area contributed by atoms with Crippen molar-refractivity contribution in [3.63, 3.8) is 0 Å². The molecule has 3 N–H and O–H groups in total. The van der Waals surface area contributed by atoms with Gasteiger partial charge in [0.2, 0.25) is 5.91 Å². The lowest BCUT2D eigenvalue weighted by atomic mass is 10.1. The fourth-order valence-corrected chi connectivity index (χ4v) is 1.17. The Hall–Kier alpha value is -1.49. The van der Waals surface area contributed by atoms with Gasteiger partial charge in [0.15, 0.2) is 11.6 Å². The molecular weight excluding hydrogens is 214 g/mol. The van der Waals surface area contributed by atoms with Crippen LogP contribution in [-0.2, 0) is 4.79 Å². The van der Waals surface area contributed by atoms with E-state index in [4.69, 9.17) is 5.73 Å². The second kappa shape index (κ2) is 5.55. The second-order valence-electron chi connectivity index (χ2n) is 3.55. The predicted molar refractivity (Wildman–Crippen MR) is 57.9 cm³/mol. The maximum Gasteiger partial charge on any atom is 0.225 e. The van der Waals surface area contributed by atoms with Gasteiger partial charge in [-0.1, -0.05) is 6.92 Å². The standard InChI is InChI=1S/C11H14F2N2O/c1-2-7(14)5-11(16)15-8-3-4-9(12)10(13)6-8/h3-4,6-7H,2,5,14H2,1H3,(H,15,16). The van der Waals surface area contributed by atoms with Gasteiger partial charge in [0, 0.05) is 24.2 Å². The van der Waals surface area contributed by atoms with E-state index in [9.17, 15) is 13.6 Å². The SMILES string of the molecule is CCC(N)CC(=O)Nc1ccc(F)c(F)c1. The molecule has 88 valence electrons. The van der Waals surface area contributed by atoms with Crippen LogP contribution in [0.25, 0.3) is 0 Å². The highest BCUT2D eigenvalue weighted by Crippen LogP contribution is 2.13. The molecule has 1 atom stereocenters. The molecule has 0 saturated carbocycles. The van der Waals surface area contributed by atoms with Crippen molar-refractivity contribution in [1.82, 2.24) is 0 Å². The molecule has 0 fully saturated rings. The Bertz CT molecular complexity index is 382. The minimum absolute atomic E-state index is 0.162. The zero-order valence-electron chi connectivity index (χ0n) is 8.97. The third-order valence-electron chi connectivity index (χ3n) is 2.18. The Balaban J connectivity index is 2.59. The van der Waals surface area contributed by atoms with E-state index in [1.165, 1.54) is 6.07 Å². The highest BCUT2D eigenvalue weighted by molar-refractivity contribution is 5.91. The van der Waals surface area contributed by atoms with E-state index in [0.717, 1.165) is 12.1 Å². The number of anilines is 1. The summed E-state index contributed by atoms with van der Waals surface area (Å²) in [5, 5.41) is 2.45. The van der Waals surface area contributed by atoms with Crippen LogP contribution in [-0.4, -0.2) is 11.9 Å². The fraction of sp³-hybridized carbons (Fsp3) is 0.364. The van der Waals surface area contributed by atoms with Gasteiger partial charge in [-0.2, -0.15) is 0 Å². The summed E-state index contributed by atoms with van der Waals surface area (Å²) in [6, 6.07) is 2.98. The van der Waals surface area contributed by atoms with Crippen LogP contribution in [0.1, 0.15) is 19.8 Å². The molecule has 0 aliphatic rings. The zero-order chi connectivity index (χ0) is 12.1. The smallest absolute Gasteiger partial charge is 0.225 e. The van der Waals surface area contributed by atoms with Gasteiger partial charge >= 0.3 is 0 Å². The molecule has 0 radical (unpaired) electrons. The van der Waals surface area contributed by atoms with Gasteiger partial charge in [0.1, 0.15) is 0 Å². The molecule has 3 nitrogen and oxygen atoms in total. The number of carbonyl (C=O) groups is 1. The number of nitrogens with one attached hydrogen (secondary N) is 1. The van der Waals surface area contributed by atoms with Gasteiger partial charge in [-0.15, -0.1) is 0 Å². The Morgan fingerprint density at radius 3 is 2.69 bits per heavy atom. The topological polar surface area (TPSA) is 55.1 Å². The van der Waals surface area contributed by atoms with Crippen molar-refractivity contribution >= 4 is 11.6 Å². The largest absolute Gasteiger partial charge is 0.327 e. The molecule has 1 unspecified atom stereocenters. The van der Waals surface area contributed by atoms with E-state index in [2.05, 4.69) is 5.32 Å². The first kappa shape index (κ1) is 12.6. The van der Waals surface area contributed by atoms with Crippen molar-refractivity contribution in [3.05, 3.63) is 29.8 Å². The Morgan fingerprint density at radius 1 is 1.44 bits per heavy atom. The molecule has 1 aromatic carbocycles. The molecule has 0 saturated heterocycles. The maximum absolute atomic E-state index is 12.8. The van der Waals surface area contributed by atoms with E-state index < -0.39 is 11.6 Å². The summed E-state index contributed by atoms with van der Waals surface area (Å²) in [6.07, 6.45) is 0.848. The van der Waals surface area contributed by atoms with Crippen LogP contribution < -0.4 is 11.1 Å². The van der Waals surface area contributed by atoms with Gasteiger partial charge < -0.3 is 11.1 Å². The van der Waals surface area contributed by atoms with E-state index in [-0.39, 0.29) is 24.1 Å². The second-order valence-corrected chi connectivity index (χ2v) is 3.55. The summed E-state index contributed by atoms with van der Waals surface area (Å²) in [6.45, 7) is 1.87. The summed E-state index contributed by atoms with van der Waals surface area (Å²) in [4.78, 5) is 11.4. The van der Waals surface area contributed by atoms with Crippen molar-refractivity contribution in [2.45, 2.75) is 25.8 Å². The van der Waals surface area contributed by atoms with Crippen molar-refractivity contribution in [1.29, 1.82) is 0 Å². The van der Waals surface area contributed by atoms with E-state index in [1.54, 1.807) is 0 Å². The molecule has 0 heterocycles. The Morgan fingerprint density at radius 2 is 2.12 bits per heavy atom. The number of halogens is 2. The number of benzene rings is 1. The minimum Gasteiger partial charge on any atom is -0.327 e. The molecular formula is C11H14F2N2O. The van der Waals surface area contributed by atoms with Gasteiger partial charge in [-0.25, -0.2) is 8.78 Å². The maximum atomic E-state index is 12.8. The summed E-state index contributed by atoms with van der Waals surface area (Å²) in [5.41, 5.74) is 5.82. The summed E-state index contributed by atoms with van der Waals surface area (Å²) in [5.74, 6) is -2.23. The number of hydrogen-bond donors (Lipinski definition) is 2. The molecule has 0 bridgehead atoms. The van der Waals surface area contributed by atoms with Crippen LogP contribution in [0.5, 0.6) is 0 Å². The third kappa shape index (κ3) is 3.58. The molecule has 0 aliphatic carbocycles. The van der Waals surface area contributed by atoms with Crippen LogP contribution in [0.4, 0.5) is 14.5 Å². The number of rotatable bonds is 4. The average Bonchev–Trinajstić information content (AvgIpc) is 2.23. The van der Waals surface area contributed by atoms with E-state index >= 15 is 0 Å². The molecule has 0 aromatic heterocycles. The average molecular weight is 228 g/mol. The van der Waals surface area contributed by atoms with Gasteiger partial charge in [0.25, 0.3) is 0 Å². The van der Waals surface area contributed by atoms with Crippen molar-refractivity contribution < 1.29 is 13.6 Å². The Kier molecular flexibility index (Phi) is 4.37. The summed E-state index contributed by atoms with van der Waals surface area (Å²) in [7, 11) is 0. The van der Waals surface area contributed by atoms with Crippen LogP contribution in [0.2, 0.25) is 0 Å². The summed E-state index contributed by atoms with van der Waals surface area (Å²) >= 11 is 0. The predicted octanol–water partition coefficient (Wildman–Crippen LogP) is 2.03. The van der Waals surface area contributed by atoms with Crippen molar-refractivity contribution in [2.24, 2.45) is 5.73 Å². The summed E-state index contributed by atoms with van der Waals surface area (Å²) < 4.78 is 25.4. The van der Waals surface area contributed by atoms with E-state index in [1.807, 2.05) is 6.92 Å². The highest BCUT2D eigenvalue weighted by atomic mass is 19.2. The van der Waals surface area contributed by atoms with Crippen molar-refractivity contribution in [3.8, 4) is 0 Å². The lowest BCUT2D eigenvalue weighted by molar-refractivity contribution is -0.116. The zero-order valence-corrected chi connectivity index (χ0v) is 8.97. The molecule has 1 rings (SSSR count). The molecule has 0 spiro atoms. The van der Waals surface area contributed by atoms with Crippen LogP contribution in [0, 0.1) is 11.6 Å². The molecule has 1 amide bonds. The van der Waals surface area contributed by atoms with Crippen LogP contribution in [0.3, 0.4) is 0 Å². The molecule has 0 aliphatic heterocycles. The first-order valence-electron chi connectivity index (χ1n) is 5.03. The lowest BCUT2D eigenvalue weighted by Crippen LogP contribution is -2.26. The Labute approximate surface area is 92.6 Å². The first-order valence-corrected chi connectivity index (χ1v) is 5.03. The third-order valence-corrected chi connectivity index (χ3v) is 2.18. The van der Waals surface area contributed by atoms with Gasteiger partial charge in [-0.3, -0.25) is 4.79 Å². The molecule has 1 aromatic rings. The number of nitrogens with two attached hydrogens (primary N) is 1. The quantitative estimate of drug-likeness (QED) is 0.828. The minimum atomic E-state index is -0.988. The number of hydrogen-bond acceptors (Lipinski definition) is 2. The fourth-order valence-electron chi connectivity index (χ4n) is 1.17. The lowest BCUT2D eigenvalue weighted by Gasteiger charge is -2.09. The van der Waals surface area contributed by atoms with Crippen LogP contribution in [0.15, 0.2) is 18.2 Å². The van der Waals surface area contributed by atoms with Gasteiger partial charge in [0.05, 0.1) is 0 Å². The van der Waals surface area contributed by atoms with Gasteiger partial charge in [-0.05, 0) is 18.6 Å². The van der Waals surface area contributed by atoms with Crippen molar-refractivity contribution in [2.75, 3.05) is 5.32 Å². The van der Waals surface area contributed by atoms with E-state index in [0.29, 0.717) is 6.42 Å². The number of carbonyl (C=O) groups excluding carboxylic acids is 1. The number of amides is 1. The first-order chi connectivity index (χ1) is 7.52. The van der Waals surface area contributed by atoms with Crippen LogP contribution >= 0.6 is 0 Å². The highest BCUT2D eigenvalue weighted by Gasteiger charge is 2.09. The molecule has 16 heavy (non-hydrogen) atoms. The molecule has 5 heteroatoms. The normalized spacial score (nSPS) is 12.2. The monoisotopic (exact) mass is 228 g/mol.